The quantitative estimate of drug-likeness (QED) is 0.423. The highest BCUT2D eigenvalue weighted by Crippen LogP contribution is 2.31. The van der Waals surface area contributed by atoms with Crippen molar-refractivity contribution in [3.05, 3.63) is 64.6 Å². The van der Waals surface area contributed by atoms with Crippen LogP contribution in [-0.2, 0) is 0 Å². The molecule has 2 aromatic carbocycles. The Kier molecular flexibility index (Phi) is 4.50. The van der Waals surface area contributed by atoms with Crippen LogP contribution in [0.15, 0.2) is 65.2 Å². The van der Waals surface area contributed by atoms with Gasteiger partial charge in [-0.25, -0.2) is 9.97 Å². The molecule has 2 heterocycles. The highest BCUT2D eigenvalue weighted by Gasteiger charge is 2.11. The lowest BCUT2D eigenvalue weighted by Crippen LogP contribution is -2.08. The van der Waals surface area contributed by atoms with E-state index in [1.807, 2.05) is 56.6 Å². The van der Waals surface area contributed by atoms with Gasteiger partial charge in [0.1, 0.15) is 5.58 Å². The zero-order valence-corrected chi connectivity index (χ0v) is 16.6. The highest BCUT2D eigenvalue weighted by atomic mass is 127. The summed E-state index contributed by atoms with van der Waals surface area (Å²) in [7, 11) is 4.03. The summed E-state index contributed by atoms with van der Waals surface area (Å²) in [6.45, 7) is 0. The molecule has 0 atom stereocenters. The van der Waals surface area contributed by atoms with E-state index in [0.717, 1.165) is 37.4 Å². The van der Waals surface area contributed by atoms with Gasteiger partial charge in [-0.1, -0.05) is 18.2 Å². The molecule has 0 aliphatic rings. The third kappa shape index (κ3) is 3.37. The van der Waals surface area contributed by atoms with Crippen LogP contribution in [0.5, 0.6) is 0 Å². The molecule has 0 spiro atoms. The Morgan fingerprint density at radius 2 is 1.88 bits per heavy atom. The number of nitrogens with zero attached hydrogens (tertiary/aromatic N) is 3. The summed E-state index contributed by atoms with van der Waals surface area (Å²) in [6, 6.07) is 18.1. The summed E-state index contributed by atoms with van der Waals surface area (Å²) < 4.78 is 6.71. The SMILES string of the molecule is CN(C)c1cccc(Nc2nccc(-c3cccc4cc(I)oc34)n2)c1. The van der Waals surface area contributed by atoms with Crippen LogP contribution in [0.2, 0.25) is 0 Å². The third-order valence-corrected chi connectivity index (χ3v) is 4.60. The van der Waals surface area contributed by atoms with Gasteiger partial charge in [-0.2, -0.15) is 0 Å². The first-order chi connectivity index (χ1) is 12.6. The van der Waals surface area contributed by atoms with Gasteiger partial charge in [0.15, 0.2) is 3.77 Å². The number of anilines is 3. The second kappa shape index (κ2) is 6.95. The van der Waals surface area contributed by atoms with E-state index in [4.69, 9.17) is 4.42 Å². The lowest BCUT2D eigenvalue weighted by molar-refractivity contribution is 0.585. The van der Waals surface area contributed by atoms with Crippen molar-refractivity contribution in [2.24, 2.45) is 0 Å². The van der Waals surface area contributed by atoms with E-state index in [1.165, 1.54) is 0 Å². The molecule has 0 bridgehead atoms. The third-order valence-electron chi connectivity index (χ3n) is 4.06. The van der Waals surface area contributed by atoms with E-state index in [-0.39, 0.29) is 0 Å². The number of nitrogens with one attached hydrogen (secondary N) is 1. The lowest BCUT2D eigenvalue weighted by Gasteiger charge is -2.14. The van der Waals surface area contributed by atoms with E-state index in [2.05, 4.69) is 54.9 Å². The van der Waals surface area contributed by atoms with Crippen molar-refractivity contribution < 1.29 is 4.42 Å². The molecule has 4 aromatic rings. The summed E-state index contributed by atoms with van der Waals surface area (Å²) in [4.78, 5) is 11.1. The molecular formula is C20H17IN4O. The molecular weight excluding hydrogens is 439 g/mol. The molecule has 4 rings (SSSR count). The predicted molar refractivity (Wildman–Crippen MR) is 114 cm³/mol. The van der Waals surface area contributed by atoms with Crippen molar-refractivity contribution >= 4 is 50.9 Å². The van der Waals surface area contributed by atoms with Gasteiger partial charge in [0.25, 0.3) is 0 Å². The number of furan rings is 1. The topological polar surface area (TPSA) is 54.2 Å². The van der Waals surface area contributed by atoms with Gasteiger partial charge >= 0.3 is 0 Å². The van der Waals surface area contributed by atoms with Gasteiger partial charge in [0.2, 0.25) is 5.95 Å². The van der Waals surface area contributed by atoms with Gasteiger partial charge in [-0.15, -0.1) is 0 Å². The molecule has 5 nitrogen and oxygen atoms in total. The molecule has 0 aliphatic heterocycles. The molecule has 0 unspecified atom stereocenters. The average Bonchev–Trinajstić information content (AvgIpc) is 3.02. The minimum atomic E-state index is 0.552. The maximum Gasteiger partial charge on any atom is 0.227 e. The van der Waals surface area contributed by atoms with Gasteiger partial charge in [-0.05, 0) is 59.0 Å². The van der Waals surface area contributed by atoms with Crippen LogP contribution >= 0.6 is 22.6 Å². The number of para-hydroxylation sites is 1. The van der Waals surface area contributed by atoms with Crippen LogP contribution < -0.4 is 10.2 Å². The van der Waals surface area contributed by atoms with Crippen LogP contribution in [0.3, 0.4) is 0 Å². The fourth-order valence-electron chi connectivity index (χ4n) is 2.79. The molecule has 26 heavy (non-hydrogen) atoms. The molecule has 0 aliphatic carbocycles. The van der Waals surface area contributed by atoms with Crippen LogP contribution in [0.4, 0.5) is 17.3 Å². The van der Waals surface area contributed by atoms with Crippen LogP contribution in [-0.4, -0.2) is 24.1 Å². The maximum atomic E-state index is 5.85. The first-order valence-corrected chi connectivity index (χ1v) is 9.24. The zero-order chi connectivity index (χ0) is 18.1. The van der Waals surface area contributed by atoms with Crippen molar-refractivity contribution in [2.45, 2.75) is 0 Å². The van der Waals surface area contributed by atoms with Gasteiger partial charge in [0.05, 0.1) is 5.69 Å². The predicted octanol–water partition coefficient (Wildman–Crippen LogP) is 5.30. The fourth-order valence-corrected chi connectivity index (χ4v) is 3.35. The van der Waals surface area contributed by atoms with E-state index >= 15 is 0 Å². The van der Waals surface area contributed by atoms with Crippen LogP contribution in [0, 0.1) is 3.77 Å². The molecule has 6 heteroatoms. The number of hydrogen-bond donors (Lipinski definition) is 1. The first-order valence-electron chi connectivity index (χ1n) is 8.16. The second-order valence-corrected chi connectivity index (χ2v) is 7.17. The number of halogens is 1. The number of aromatic nitrogens is 2. The number of fused-ring (bicyclic) bond motifs is 1. The van der Waals surface area contributed by atoms with Crippen LogP contribution in [0.25, 0.3) is 22.2 Å². The van der Waals surface area contributed by atoms with Crippen molar-refractivity contribution in [1.29, 1.82) is 0 Å². The largest absolute Gasteiger partial charge is 0.450 e. The standard InChI is InChI=1S/C20H17IN4O/c1-25(2)15-7-4-6-14(12-15)23-20-22-10-9-17(24-20)16-8-3-5-13-11-18(21)26-19(13)16/h3-12H,1-2H3,(H,22,23,24). The second-order valence-electron chi connectivity index (χ2n) is 6.11. The van der Waals surface area contributed by atoms with Gasteiger partial charge < -0.3 is 14.6 Å². The normalized spacial score (nSPS) is 10.9. The average molecular weight is 456 g/mol. The minimum Gasteiger partial charge on any atom is -0.450 e. The van der Waals surface area contributed by atoms with E-state index in [0.29, 0.717) is 5.95 Å². The van der Waals surface area contributed by atoms with Crippen LogP contribution in [0.1, 0.15) is 0 Å². The van der Waals surface area contributed by atoms with E-state index < -0.39 is 0 Å². The van der Waals surface area contributed by atoms with E-state index in [1.54, 1.807) is 6.20 Å². The Morgan fingerprint density at radius 1 is 1.04 bits per heavy atom. The smallest absolute Gasteiger partial charge is 0.227 e. The molecule has 0 radical (unpaired) electrons. The Hall–Kier alpha value is -2.61. The Bertz CT molecular complexity index is 1070. The number of rotatable bonds is 4. The monoisotopic (exact) mass is 456 g/mol. The van der Waals surface area contributed by atoms with E-state index in [9.17, 15) is 0 Å². The Morgan fingerprint density at radius 3 is 2.73 bits per heavy atom. The summed E-state index contributed by atoms with van der Waals surface area (Å²) in [5.74, 6) is 0.552. The number of hydrogen-bond acceptors (Lipinski definition) is 5. The molecule has 2 aromatic heterocycles. The summed E-state index contributed by atoms with van der Waals surface area (Å²) in [6.07, 6.45) is 1.76. The summed E-state index contributed by atoms with van der Waals surface area (Å²) >= 11 is 2.18. The Balaban J connectivity index is 1.69. The minimum absolute atomic E-state index is 0.552. The molecule has 0 fully saturated rings. The molecule has 0 amide bonds. The molecule has 1 N–H and O–H groups in total. The highest BCUT2D eigenvalue weighted by molar-refractivity contribution is 14.1. The lowest BCUT2D eigenvalue weighted by atomic mass is 10.1. The Labute approximate surface area is 165 Å². The van der Waals surface area contributed by atoms with Gasteiger partial charge in [0, 0.05) is 42.6 Å². The summed E-state index contributed by atoms with van der Waals surface area (Å²) in [5, 5.41) is 4.35. The number of benzene rings is 2. The molecule has 0 saturated heterocycles. The first kappa shape index (κ1) is 16.8. The van der Waals surface area contributed by atoms with Crippen molar-refractivity contribution in [3.8, 4) is 11.3 Å². The fraction of sp³-hybridized carbons (Fsp3) is 0.100. The van der Waals surface area contributed by atoms with Crippen molar-refractivity contribution in [3.63, 3.8) is 0 Å². The van der Waals surface area contributed by atoms with Gasteiger partial charge in [-0.3, -0.25) is 0 Å². The maximum absolute atomic E-state index is 5.85. The molecule has 0 saturated carbocycles. The zero-order valence-electron chi connectivity index (χ0n) is 14.4. The summed E-state index contributed by atoms with van der Waals surface area (Å²) in [5.41, 5.74) is 4.68. The van der Waals surface area contributed by atoms with Crippen molar-refractivity contribution in [2.75, 3.05) is 24.3 Å². The molecule has 130 valence electrons. The van der Waals surface area contributed by atoms with Crippen molar-refractivity contribution in [1.82, 2.24) is 9.97 Å².